The first kappa shape index (κ1) is 17.2. The molecule has 130 valence electrons. The number of aromatic nitrogens is 1. The third kappa shape index (κ3) is 3.30. The van der Waals surface area contributed by atoms with Gasteiger partial charge in [-0.2, -0.15) is 21.6 Å². The molecule has 4 nitrogen and oxygen atoms in total. The molecule has 0 saturated carbocycles. The highest BCUT2D eigenvalue weighted by Gasteiger charge is 2.48. The molecule has 3 aromatic rings. The second kappa shape index (κ2) is 6.03. The maximum atomic E-state index is 12.4. The summed E-state index contributed by atoms with van der Waals surface area (Å²) in [7, 11) is -5.68. The van der Waals surface area contributed by atoms with Crippen molar-refractivity contribution in [3.8, 4) is 16.9 Å². The van der Waals surface area contributed by atoms with E-state index in [0.29, 0.717) is 5.56 Å². The molecule has 0 fully saturated rings. The molecular weight excluding hydrogens is 355 g/mol. The Morgan fingerprint density at radius 2 is 1.68 bits per heavy atom. The maximum Gasteiger partial charge on any atom is 0.534 e. The second-order valence-corrected chi connectivity index (χ2v) is 6.87. The van der Waals surface area contributed by atoms with Gasteiger partial charge in [0.2, 0.25) is 0 Å². The molecule has 1 heterocycles. The number of alkyl halides is 3. The normalized spacial score (nSPS) is 12.3. The van der Waals surface area contributed by atoms with Gasteiger partial charge in [0.1, 0.15) is 5.75 Å². The lowest BCUT2D eigenvalue weighted by atomic mass is 9.99. The smallest absolute Gasteiger partial charge is 0.376 e. The zero-order valence-electron chi connectivity index (χ0n) is 12.9. The number of hydrogen-bond donors (Lipinski definition) is 0. The van der Waals surface area contributed by atoms with E-state index in [4.69, 9.17) is 0 Å². The number of pyridine rings is 1. The molecular formula is C17H12F3NO3S. The number of benzene rings is 2. The Bertz CT molecular complexity index is 1030. The Morgan fingerprint density at radius 3 is 2.32 bits per heavy atom. The lowest BCUT2D eigenvalue weighted by Crippen LogP contribution is -2.28. The van der Waals surface area contributed by atoms with E-state index in [9.17, 15) is 21.6 Å². The minimum absolute atomic E-state index is 0.412. The molecule has 1 aromatic heterocycles. The summed E-state index contributed by atoms with van der Waals surface area (Å²) >= 11 is 0. The molecule has 0 amide bonds. The lowest BCUT2D eigenvalue weighted by Gasteiger charge is -2.11. The van der Waals surface area contributed by atoms with Gasteiger partial charge in [-0.25, -0.2) is 0 Å². The van der Waals surface area contributed by atoms with Crippen LogP contribution in [-0.2, 0) is 10.1 Å². The number of hydrogen-bond acceptors (Lipinski definition) is 4. The summed E-state index contributed by atoms with van der Waals surface area (Å²) in [6.07, 6.45) is 1.65. The highest BCUT2D eigenvalue weighted by atomic mass is 32.2. The van der Waals surface area contributed by atoms with E-state index in [-0.39, 0.29) is 0 Å². The maximum absolute atomic E-state index is 12.4. The van der Waals surface area contributed by atoms with Crippen LogP contribution in [0.25, 0.3) is 22.0 Å². The molecule has 0 N–H and O–H groups in total. The van der Waals surface area contributed by atoms with Crippen LogP contribution in [-0.4, -0.2) is 18.9 Å². The minimum atomic E-state index is -5.68. The largest absolute Gasteiger partial charge is 0.534 e. The molecule has 0 saturated heterocycles. The van der Waals surface area contributed by atoms with Gasteiger partial charge in [-0.3, -0.25) is 4.98 Å². The fraction of sp³-hybridized carbons (Fsp3) is 0.118. The van der Waals surface area contributed by atoms with Gasteiger partial charge in [-0.15, -0.1) is 0 Å². The number of fused-ring (bicyclic) bond motifs is 1. The highest BCUT2D eigenvalue weighted by Crippen LogP contribution is 2.32. The third-order valence-electron chi connectivity index (χ3n) is 3.64. The van der Waals surface area contributed by atoms with Gasteiger partial charge in [0.15, 0.2) is 0 Å². The molecule has 8 heteroatoms. The summed E-state index contributed by atoms with van der Waals surface area (Å²) in [5, 5.41) is 0.958. The quantitative estimate of drug-likeness (QED) is 0.507. The average molecular weight is 367 g/mol. The topological polar surface area (TPSA) is 56.3 Å². The van der Waals surface area contributed by atoms with Crippen molar-refractivity contribution in [3.05, 3.63) is 60.3 Å². The molecule has 2 aromatic carbocycles. The highest BCUT2D eigenvalue weighted by molar-refractivity contribution is 7.88. The molecule has 0 atom stereocenters. The van der Waals surface area contributed by atoms with E-state index in [0.717, 1.165) is 22.0 Å². The van der Waals surface area contributed by atoms with Gasteiger partial charge in [0.25, 0.3) is 0 Å². The van der Waals surface area contributed by atoms with Crippen molar-refractivity contribution in [2.75, 3.05) is 0 Å². The van der Waals surface area contributed by atoms with Crippen LogP contribution in [0.1, 0.15) is 5.56 Å². The molecule has 0 unspecified atom stereocenters. The van der Waals surface area contributed by atoms with Crippen LogP contribution in [0.5, 0.6) is 5.75 Å². The van der Waals surface area contributed by atoms with Gasteiger partial charge in [0, 0.05) is 17.1 Å². The van der Waals surface area contributed by atoms with Gasteiger partial charge in [-0.05, 0) is 36.2 Å². The predicted molar refractivity (Wildman–Crippen MR) is 87.5 cm³/mol. The molecule has 25 heavy (non-hydrogen) atoms. The van der Waals surface area contributed by atoms with Crippen LogP contribution in [0.4, 0.5) is 13.2 Å². The summed E-state index contributed by atoms with van der Waals surface area (Å²) < 4.78 is 63.2. The Balaban J connectivity index is 1.98. The van der Waals surface area contributed by atoms with Gasteiger partial charge in [-0.1, -0.05) is 30.3 Å². The van der Waals surface area contributed by atoms with Gasteiger partial charge >= 0.3 is 15.6 Å². The van der Waals surface area contributed by atoms with Crippen molar-refractivity contribution in [3.63, 3.8) is 0 Å². The molecule has 0 aliphatic carbocycles. The Labute approximate surface area is 142 Å². The van der Waals surface area contributed by atoms with Crippen molar-refractivity contribution < 1.29 is 25.8 Å². The first-order valence-corrected chi connectivity index (χ1v) is 8.55. The summed E-state index contributed by atoms with van der Waals surface area (Å²) in [5.41, 5.74) is -2.21. The number of nitrogens with zero attached hydrogens (tertiary/aromatic N) is 1. The van der Waals surface area contributed by atoms with Crippen LogP contribution < -0.4 is 4.18 Å². The van der Waals surface area contributed by atoms with E-state index in [2.05, 4.69) is 9.17 Å². The third-order valence-corrected chi connectivity index (χ3v) is 4.62. The Morgan fingerprint density at radius 1 is 1.00 bits per heavy atom. The van der Waals surface area contributed by atoms with Crippen molar-refractivity contribution in [2.24, 2.45) is 0 Å². The van der Waals surface area contributed by atoms with Crippen molar-refractivity contribution >= 4 is 21.0 Å². The molecule has 0 radical (unpaired) electrons. The predicted octanol–water partition coefficient (Wildman–Crippen LogP) is 4.44. The Kier molecular flexibility index (Phi) is 4.16. The van der Waals surface area contributed by atoms with E-state index >= 15 is 0 Å². The molecule has 0 bridgehead atoms. The summed E-state index contributed by atoms with van der Waals surface area (Å²) in [6.45, 7) is 1.95. The zero-order chi connectivity index (χ0) is 18.2. The minimum Gasteiger partial charge on any atom is -0.376 e. The van der Waals surface area contributed by atoms with E-state index < -0.39 is 21.4 Å². The van der Waals surface area contributed by atoms with Gasteiger partial charge in [0.05, 0.1) is 5.52 Å². The fourth-order valence-corrected chi connectivity index (χ4v) is 2.87. The molecule has 3 rings (SSSR count). The molecule has 0 spiro atoms. The summed E-state index contributed by atoms with van der Waals surface area (Å²) in [6, 6.07) is 12.8. The number of rotatable bonds is 3. The first-order chi connectivity index (χ1) is 11.7. The first-order valence-electron chi connectivity index (χ1n) is 7.14. The van der Waals surface area contributed by atoms with Crippen molar-refractivity contribution in [1.29, 1.82) is 0 Å². The van der Waals surface area contributed by atoms with Crippen molar-refractivity contribution in [1.82, 2.24) is 4.98 Å². The molecule has 0 aliphatic heterocycles. The number of aryl methyl sites for hydroxylation is 1. The van der Waals surface area contributed by atoms with E-state index in [1.165, 1.54) is 24.3 Å². The van der Waals surface area contributed by atoms with E-state index in [1.807, 2.05) is 31.2 Å². The lowest BCUT2D eigenvalue weighted by molar-refractivity contribution is -0.0500. The van der Waals surface area contributed by atoms with Crippen LogP contribution >= 0.6 is 0 Å². The number of halogens is 3. The van der Waals surface area contributed by atoms with Crippen LogP contribution in [0.15, 0.2) is 54.7 Å². The standard InChI is InChI=1S/C17H12F3NO3S/c1-11-4-9-15(16-14(11)3-2-10-21-16)12-5-7-13(8-6-12)24-25(22,23)17(18,19)20/h2-10H,1H3. The second-order valence-electron chi connectivity index (χ2n) is 5.34. The fourth-order valence-electron chi connectivity index (χ4n) is 2.41. The summed E-state index contributed by atoms with van der Waals surface area (Å²) in [4.78, 5) is 4.36. The van der Waals surface area contributed by atoms with Gasteiger partial charge < -0.3 is 4.18 Å². The van der Waals surface area contributed by atoms with Crippen molar-refractivity contribution in [2.45, 2.75) is 12.4 Å². The monoisotopic (exact) mass is 367 g/mol. The van der Waals surface area contributed by atoms with Crippen LogP contribution in [0, 0.1) is 6.92 Å². The SMILES string of the molecule is Cc1ccc(-c2ccc(OS(=O)(=O)C(F)(F)F)cc2)c2ncccc12. The van der Waals surface area contributed by atoms with Crippen LogP contribution in [0.3, 0.4) is 0 Å². The molecule has 0 aliphatic rings. The Hall–Kier alpha value is -2.61. The summed E-state index contributed by atoms with van der Waals surface area (Å²) in [5.74, 6) is -0.412. The van der Waals surface area contributed by atoms with Crippen LogP contribution in [0.2, 0.25) is 0 Å². The zero-order valence-corrected chi connectivity index (χ0v) is 13.7. The average Bonchev–Trinajstić information content (AvgIpc) is 2.55. The van der Waals surface area contributed by atoms with E-state index in [1.54, 1.807) is 6.20 Å².